The van der Waals surface area contributed by atoms with Crippen LogP contribution in [0.3, 0.4) is 0 Å². The molecule has 1 saturated heterocycles. The summed E-state index contributed by atoms with van der Waals surface area (Å²) in [5, 5.41) is 0. The topological polar surface area (TPSA) is 29.5 Å². The Morgan fingerprint density at radius 1 is 1.29 bits per heavy atom. The number of carbonyl (C=O) groups excluding carboxylic acids is 1. The molecule has 2 rings (SSSR count). The normalized spacial score (nSPS) is 41.2. The Morgan fingerprint density at radius 2 is 1.93 bits per heavy atom. The van der Waals surface area contributed by atoms with Crippen molar-refractivity contribution in [2.24, 2.45) is 5.41 Å². The number of carbonyl (C=O) groups is 1. The van der Waals surface area contributed by atoms with Crippen LogP contribution >= 0.6 is 0 Å². The summed E-state index contributed by atoms with van der Waals surface area (Å²) in [4.78, 5) is 13.4. The van der Waals surface area contributed by atoms with Crippen LogP contribution < -0.4 is 0 Å². The number of nitrogens with zero attached hydrogens (tertiary/aromatic N) is 1. The number of hydrogen-bond acceptors (Lipinski definition) is 2. The maximum atomic E-state index is 11.5. The first-order valence-electron chi connectivity index (χ1n) is 5.39. The molecule has 0 aromatic carbocycles. The second-order valence-electron chi connectivity index (χ2n) is 5.10. The Labute approximate surface area is 85.4 Å². The van der Waals surface area contributed by atoms with Crippen molar-refractivity contribution in [2.45, 2.75) is 45.1 Å². The molecular weight excluding hydrogens is 178 g/mol. The average molecular weight is 197 g/mol. The van der Waals surface area contributed by atoms with E-state index in [0.29, 0.717) is 5.41 Å². The zero-order valence-corrected chi connectivity index (χ0v) is 9.30. The zero-order valence-electron chi connectivity index (χ0n) is 9.30. The van der Waals surface area contributed by atoms with Crippen molar-refractivity contribution in [1.82, 2.24) is 4.90 Å². The number of rotatable bonds is 0. The first kappa shape index (κ1) is 9.81. The fourth-order valence-electron chi connectivity index (χ4n) is 3.07. The smallest absolute Gasteiger partial charge is 0.409 e. The monoisotopic (exact) mass is 197 g/mol. The van der Waals surface area contributed by atoms with E-state index in [-0.39, 0.29) is 11.6 Å². The predicted molar refractivity (Wildman–Crippen MR) is 54.1 cm³/mol. The van der Waals surface area contributed by atoms with E-state index in [1.54, 1.807) is 0 Å². The van der Waals surface area contributed by atoms with Gasteiger partial charge in [-0.2, -0.15) is 0 Å². The van der Waals surface area contributed by atoms with Crippen LogP contribution in [0, 0.1) is 5.41 Å². The average Bonchev–Trinajstić information content (AvgIpc) is 2.17. The fourth-order valence-corrected chi connectivity index (χ4v) is 3.07. The van der Waals surface area contributed by atoms with Crippen LogP contribution in [0.4, 0.5) is 4.79 Å². The standard InChI is InChI=1S/C11H19NO2/c1-10-6-4-5-7-11(10,2)12(8-10)9(13)14-3/h4-8H2,1-3H3. The van der Waals surface area contributed by atoms with E-state index in [1.807, 2.05) is 4.90 Å². The molecule has 3 heteroatoms. The van der Waals surface area contributed by atoms with Crippen molar-refractivity contribution in [2.75, 3.05) is 13.7 Å². The molecule has 1 heterocycles. The van der Waals surface area contributed by atoms with E-state index in [9.17, 15) is 4.79 Å². The SMILES string of the molecule is COC(=O)N1CC2(C)CCCCC12C. The molecule has 14 heavy (non-hydrogen) atoms. The van der Waals surface area contributed by atoms with E-state index in [2.05, 4.69) is 13.8 Å². The molecule has 0 radical (unpaired) electrons. The Balaban J connectivity index is 2.17. The molecule has 2 aliphatic rings. The molecule has 1 amide bonds. The number of fused-ring (bicyclic) bond motifs is 1. The van der Waals surface area contributed by atoms with Crippen LogP contribution in [0.1, 0.15) is 39.5 Å². The Hall–Kier alpha value is -0.730. The summed E-state index contributed by atoms with van der Waals surface area (Å²) < 4.78 is 4.80. The van der Waals surface area contributed by atoms with Crippen molar-refractivity contribution in [3.8, 4) is 0 Å². The van der Waals surface area contributed by atoms with E-state index < -0.39 is 0 Å². The van der Waals surface area contributed by atoms with Gasteiger partial charge in [0.1, 0.15) is 0 Å². The van der Waals surface area contributed by atoms with E-state index in [0.717, 1.165) is 13.0 Å². The second-order valence-corrected chi connectivity index (χ2v) is 5.10. The lowest BCUT2D eigenvalue weighted by Gasteiger charge is -2.65. The molecule has 3 nitrogen and oxygen atoms in total. The van der Waals surface area contributed by atoms with Crippen molar-refractivity contribution in [1.29, 1.82) is 0 Å². The quantitative estimate of drug-likeness (QED) is 0.597. The van der Waals surface area contributed by atoms with Gasteiger partial charge < -0.3 is 9.64 Å². The van der Waals surface area contributed by atoms with Gasteiger partial charge in [0.05, 0.1) is 12.6 Å². The molecule has 0 bridgehead atoms. The Bertz CT molecular complexity index is 266. The van der Waals surface area contributed by atoms with E-state index in [4.69, 9.17) is 4.74 Å². The predicted octanol–water partition coefficient (Wildman–Crippen LogP) is 2.41. The van der Waals surface area contributed by atoms with Gasteiger partial charge in [0.15, 0.2) is 0 Å². The number of methoxy groups -OCH3 is 1. The van der Waals surface area contributed by atoms with E-state index >= 15 is 0 Å². The minimum absolute atomic E-state index is 0.0539. The highest BCUT2D eigenvalue weighted by atomic mass is 16.5. The van der Waals surface area contributed by atoms with Crippen molar-refractivity contribution >= 4 is 6.09 Å². The van der Waals surface area contributed by atoms with Crippen LogP contribution in [-0.2, 0) is 4.74 Å². The maximum absolute atomic E-state index is 11.5. The molecule has 2 fully saturated rings. The summed E-state index contributed by atoms with van der Waals surface area (Å²) >= 11 is 0. The number of likely N-dealkylation sites (tertiary alicyclic amines) is 1. The van der Waals surface area contributed by atoms with Crippen molar-refractivity contribution in [3.05, 3.63) is 0 Å². The molecule has 0 spiro atoms. The van der Waals surface area contributed by atoms with Gasteiger partial charge in [-0.15, -0.1) is 0 Å². The van der Waals surface area contributed by atoms with Gasteiger partial charge in [-0.05, 0) is 19.8 Å². The molecule has 1 saturated carbocycles. The summed E-state index contributed by atoms with van der Waals surface area (Å²) in [5.74, 6) is 0. The van der Waals surface area contributed by atoms with E-state index in [1.165, 1.54) is 26.4 Å². The fraction of sp³-hybridized carbons (Fsp3) is 0.909. The maximum Gasteiger partial charge on any atom is 0.409 e. The number of ether oxygens (including phenoxy) is 1. The minimum atomic E-state index is -0.160. The van der Waals surface area contributed by atoms with Gasteiger partial charge in [-0.3, -0.25) is 0 Å². The lowest BCUT2D eigenvalue weighted by atomic mass is 9.56. The van der Waals surface area contributed by atoms with Gasteiger partial charge in [-0.25, -0.2) is 4.79 Å². The third-order valence-electron chi connectivity index (χ3n) is 4.44. The highest BCUT2D eigenvalue weighted by molar-refractivity contribution is 5.70. The minimum Gasteiger partial charge on any atom is -0.453 e. The van der Waals surface area contributed by atoms with Gasteiger partial charge in [0.2, 0.25) is 0 Å². The van der Waals surface area contributed by atoms with Crippen LogP contribution in [0.2, 0.25) is 0 Å². The van der Waals surface area contributed by atoms with Gasteiger partial charge in [0.25, 0.3) is 0 Å². The molecule has 1 aliphatic carbocycles. The van der Waals surface area contributed by atoms with Crippen LogP contribution in [0.25, 0.3) is 0 Å². The first-order chi connectivity index (χ1) is 6.53. The molecular formula is C11H19NO2. The lowest BCUT2D eigenvalue weighted by molar-refractivity contribution is -0.144. The molecule has 2 unspecified atom stereocenters. The summed E-state index contributed by atoms with van der Waals surface area (Å²) in [5.41, 5.74) is 0.387. The summed E-state index contributed by atoms with van der Waals surface area (Å²) in [7, 11) is 1.46. The number of amides is 1. The zero-order chi connectivity index (χ0) is 10.4. The summed E-state index contributed by atoms with van der Waals surface area (Å²) in [6, 6.07) is 0. The van der Waals surface area contributed by atoms with Crippen LogP contribution in [-0.4, -0.2) is 30.2 Å². The molecule has 0 aromatic heterocycles. The highest BCUT2D eigenvalue weighted by Gasteiger charge is 2.61. The molecule has 1 aliphatic heterocycles. The van der Waals surface area contributed by atoms with Crippen LogP contribution in [0.5, 0.6) is 0 Å². The highest BCUT2D eigenvalue weighted by Crippen LogP contribution is 2.55. The lowest BCUT2D eigenvalue weighted by Crippen LogP contribution is -2.74. The van der Waals surface area contributed by atoms with Gasteiger partial charge >= 0.3 is 6.09 Å². The third-order valence-corrected chi connectivity index (χ3v) is 4.44. The molecule has 2 atom stereocenters. The summed E-state index contributed by atoms with van der Waals surface area (Å²) in [6.45, 7) is 5.37. The van der Waals surface area contributed by atoms with Crippen molar-refractivity contribution in [3.63, 3.8) is 0 Å². The second kappa shape index (κ2) is 2.88. The van der Waals surface area contributed by atoms with Gasteiger partial charge in [-0.1, -0.05) is 19.8 Å². The largest absolute Gasteiger partial charge is 0.453 e. The number of hydrogen-bond donors (Lipinski definition) is 0. The molecule has 0 aromatic rings. The van der Waals surface area contributed by atoms with Crippen LogP contribution in [0.15, 0.2) is 0 Å². The third kappa shape index (κ3) is 1.01. The summed E-state index contributed by atoms with van der Waals surface area (Å²) in [6.07, 6.45) is 4.75. The Morgan fingerprint density at radius 3 is 2.50 bits per heavy atom. The Kier molecular flexibility index (Phi) is 2.02. The van der Waals surface area contributed by atoms with Gasteiger partial charge in [0, 0.05) is 12.0 Å². The first-order valence-corrected chi connectivity index (χ1v) is 5.39. The van der Waals surface area contributed by atoms with Crippen molar-refractivity contribution < 1.29 is 9.53 Å². The molecule has 0 N–H and O–H groups in total. The molecule has 80 valence electrons.